The molecular weight excluding hydrogens is 669 g/mol. The van der Waals surface area contributed by atoms with Crippen molar-refractivity contribution in [2.45, 2.75) is 103 Å². The third-order valence-corrected chi connectivity index (χ3v) is 6.80. The molecule has 272 valence electrons. The van der Waals surface area contributed by atoms with Gasteiger partial charge in [0.25, 0.3) is 0 Å². The van der Waals surface area contributed by atoms with Crippen LogP contribution >= 0.6 is 50.5 Å². The number of carboxylic acids is 4. The van der Waals surface area contributed by atoms with Gasteiger partial charge in [-0.25, -0.2) is 0 Å². The number of rotatable bonds is 24. The van der Waals surface area contributed by atoms with E-state index in [1.807, 2.05) is 0 Å². The predicted octanol–water partition coefficient (Wildman–Crippen LogP) is 4.19. The highest BCUT2D eigenvalue weighted by atomic mass is 32.1. The minimum absolute atomic E-state index is 0.299. The fourth-order valence-electron chi connectivity index (χ4n) is 2.56. The summed E-state index contributed by atoms with van der Waals surface area (Å²) in [5.41, 5.74) is -1.11. The number of thiol groups is 4. The summed E-state index contributed by atoms with van der Waals surface area (Å²) in [7, 11) is 0. The fraction of sp³-hybridized carbons (Fsp3) is 0.862. The Kier molecular flexibility index (Phi) is 53.9. The number of aliphatic hydroxyl groups excluding tert-OH is 4. The first-order chi connectivity index (χ1) is 21.3. The van der Waals surface area contributed by atoms with Crippen LogP contribution in [0.5, 0.6) is 0 Å². The van der Waals surface area contributed by atoms with Crippen molar-refractivity contribution in [2.75, 3.05) is 49.4 Å². The van der Waals surface area contributed by atoms with Gasteiger partial charge in [0.05, 0.1) is 31.8 Å². The predicted molar refractivity (Wildman–Crippen MR) is 191 cm³/mol. The summed E-state index contributed by atoms with van der Waals surface area (Å²) >= 11 is 16.0. The molecule has 0 bridgehead atoms. The van der Waals surface area contributed by atoms with E-state index in [1.54, 1.807) is 0 Å². The third-order valence-electron chi connectivity index (χ3n) is 5.54. The van der Waals surface area contributed by atoms with Crippen molar-refractivity contribution in [2.24, 2.45) is 5.41 Å². The minimum atomic E-state index is -1.11. The van der Waals surface area contributed by atoms with Crippen molar-refractivity contribution >= 4 is 74.4 Å². The lowest BCUT2D eigenvalue weighted by atomic mass is 9.93. The summed E-state index contributed by atoms with van der Waals surface area (Å²) < 4.78 is 0. The molecule has 0 fully saturated rings. The summed E-state index contributed by atoms with van der Waals surface area (Å²) in [5.74, 6) is 0.644. The van der Waals surface area contributed by atoms with Gasteiger partial charge in [-0.15, -0.1) is 0 Å². The lowest BCUT2D eigenvalue weighted by molar-refractivity contribution is -0.138. The van der Waals surface area contributed by atoms with Crippen molar-refractivity contribution < 1.29 is 60.0 Å². The topological polar surface area (TPSA) is 230 Å². The zero-order valence-corrected chi connectivity index (χ0v) is 30.0. The molecule has 0 aromatic carbocycles. The molecule has 0 amide bonds. The van der Waals surface area contributed by atoms with Gasteiger partial charge in [-0.2, -0.15) is 50.5 Å². The normalized spacial score (nSPS) is 9.96. The molecule has 0 radical (unpaired) electrons. The van der Waals surface area contributed by atoms with E-state index in [0.717, 1.165) is 100 Å². The Morgan fingerprint density at radius 2 is 0.533 bits per heavy atom. The lowest BCUT2D eigenvalue weighted by Crippen LogP contribution is -2.37. The van der Waals surface area contributed by atoms with Gasteiger partial charge in [-0.1, -0.05) is 25.7 Å². The van der Waals surface area contributed by atoms with Crippen LogP contribution in [-0.4, -0.2) is 114 Å². The van der Waals surface area contributed by atoms with Crippen molar-refractivity contribution in [3.05, 3.63) is 0 Å². The molecule has 0 rings (SSSR count). The molecule has 0 aromatic heterocycles. The van der Waals surface area contributed by atoms with Crippen LogP contribution in [-0.2, 0) is 19.2 Å². The van der Waals surface area contributed by atoms with E-state index in [9.17, 15) is 19.2 Å². The molecule has 0 heterocycles. The van der Waals surface area contributed by atoms with E-state index in [0.29, 0.717) is 25.7 Å². The summed E-state index contributed by atoms with van der Waals surface area (Å²) in [6.45, 7) is -1.62. The first-order valence-corrected chi connectivity index (χ1v) is 17.6. The van der Waals surface area contributed by atoms with Gasteiger partial charge >= 0.3 is 23.9 Å². The molecular formula is C29H60O12S4. The second-order valence-corrected chi connectivity index (χ2v) is 11.6. The van der Waals surface area contributed by atoms with E-state index in [1.165, 1.54) is 0 Å². The molecule has 0 aliphatic carbocycles. The van der Waals surface area contributed by atoms with Crippen molar-refractivity contribution in [1.29, 1.82) is 0 Å². The van der Waals surface area contributed by atoms with Crippen LogP contribution in [0, 0.1) is 5.41 Å². The lowest BCUT2D eigenvalue weighted by Gasteiger charge is -2.23. The Morgan fingerprint density at radius 3 is 0.622 bits per heavy atom. The Bertz CT molecular complexity index is 549. The van der Waals surface area contributed by atoms with Crippen molar-refractivity contribution in [1.82, 2.24) is 0 Å². The third kappa shape index (κ3) is 59.1. The highest BCUT2D eigenvalue weighted by Crippen LogP contribution is 2.12. The number of unbranched alkanes of at least 4 members (excludes halogenated alkanes) is 8. The molecule has 8 N–H and O–H groups in total. The maximum atomic E-state index is 9.94. The molecule has 0 atom stereocenters. The number of carbonyl (C=O) groups is 4. The van der Waals surface area contributed by atoms with Gasteiger partial charge in [-0.3, -0.25) is 19.2 Å². The Labute approximate surface area is 291 Å². The number of carboxylic acid groups (broad SMARTS) is 4. The Hall–Kier alpha value is -0.880. The maximum Gasteiger partial charge on any atom is 0.303 e. The van der Waals surface area contributed by atoms with Crippen LogP contribution in [0.4, 0.5) is 0 Å². The molecule has 12 nitrogen and oxygen atoms in total. The first kappa shape index (κ1) is 53.6. The molecule has 0 aliphatic rings. The first-order valence-electron chi connectivity index (χ1n) is 15.1. The molecule has 0 aliphatic heterocycles. The van der Waals surface area contributed by atoms with Crippen LogP contribution in [0.15, 0.2) is 0 Å². The number of aliphatic carboxylic acids is 4. The van der Waals surface area contributed by atoms with Crippen LogP contribution in [0.3, 0.4) is 0 Å². The molecule has 0 spiro atoms. The summed E-state index contributed by atoms with van der Waals surface area (Å²) in [4.78, 5) is 39.8. The summed E-state index contributed by atoms with van der Waals surface area (Å²) in [6, 6.07) is 0. The van der Waals surface area contributed by atoms with Gasteiger partial charge in [-0.05, 0) is 74.4 Å². The standard InChI is InChI=1S/4C6H12O2S.C5H12O4/c4*7-6(8)4-2-1-3-5-9;6-1-5(2-7,3-8)4-9/h4*9H,1-5H2,(H,7,8);6-9H,1-4H2. The molecule has 45 heavy (non-hydrogen) atoms. The molecule has 0 saturated heterocycles. The monoisotopic (exact) mass is 728 g/mol. The number of aliphatic hydroxyl groups is 4. The zero-order valence-electron chi connectivity index (χ0n) is 26.5. The molecule has 16 heteroatoms. The average molecular weight is 729 g/mol. The molecule has 0 aromatic rings. The number of hydrogen-bond acceptors (Lipinski definition) is 12. The van der Waals surface area contributed by atoms with E-state index < -0.39 is 55.7 Å². The SMILES string of the molecule is O=C(O)CCCCCS.O=C(O)CCCCCS.O=C(O)CCCCCS.O=C(O)CCCCCS.OCC(CO)(CO)CO. The van der Waals surface area contributed by atoms with Gasteiger partial charge < -0.3 is 40.9 Å². The van der Waals surface area contributed by atoms with E-state index in [4.69, 9.17) is 40.9 Å². The van der Waals surface area contributed by atoms with E-state index >= 15 is 0 Å². The van der Waals surface area contributed by atoms with Crippen molar-refractivity contribution in [3.8, 4) is 0 Å². The fourth-order valence-corrected chi connectivity index (χ4v) is 3.45. The highest BCUT2D eigenvalue weighted by Gasteiger charge is 2.26. The largest absolute Gasteiger partial charge is 0.481 e. The smallest absolute Gasteiger partial charge is 0.303 e. The Balaban J connectivity index is -0.000000148. The van der Waals surface area contributed by atoms with Gasteiger partial charge in [0.15, 0.2) is 0 Å². The highest BCUT2D eigenvalue weighted by molar-refractivity contribution is 7.80. The van der Waals surface area contributed by atoms with Crippen LogP contribution in [0.2, 0.25) is 0 Å². The zero-order chi connectivity index (χ0) is 35.8. The van der Waals surface area contributed by atoms with E-state index in [-0.39, 0.29) is 0 Å². The van der Waals surface area contributed by atoms with Crippen molar-refractivity contribution in [3.63, 3.8) is 0 Å². The maximum absolute atomic E-state index is 9.94. The van der Waals surface area contributed by atoms with Crippen LogP contribution < -0.4 is 0 Å². The van der Waals surface area contributed by atoms with Gasteiger partial charge in [0.2, 0.25) is 0 Å². The Morgan fingerprint density at radius 1 is 0.356 bits per heavy atom. The number of hydrogen-bond donors (Lipinski definition) is 12. The van der Waals surface area contributed by atoms with Gasteiger partial charge in [0.1, 0.15) is 0 Å². The second-order valence-electron chi connectivity index (χ2n) is 9.84. The van der Waals surface area contributed by atoms with E-state index in [2.05, 4.69) is 50.5 Å². The second kappa shape index (κ2) is 45.2. The quantitative estimate of drug-likeness (QED) is 0.0496. The van der Waals surface area contributed by atoms with Gasteiger partial charge in [0, 0.05) is 25.7 Å². The average Bonchev–Trinajstić information content (AvgIpc) is 3.00. The summed E-state index contributed by atoms with van der Waals surface area (Å²) in [6.07, 6.45) is 12.4. The summed E-state index contributed by atoms with van der Waals surface area (Å²) in [5, 5.41) is 66.8. The minimum Gasteiger partial charge on any atom is -0.481 e. The molecule has 0 unspecified atom stereocenters. The van der Waals surface area contributed by atoms with Crippen LogP contribution in [0.1, 0.15) is 103 Å². The molecule has 0 saturated carbocycles. The van der Waals surface area contributed by atoms with Crippen LogP contribution in [0.25, 0.3) is 0 Å².